The molecule has 3 aromatic rings. The van der Waals surface area contributed by atoms with Gasteiger partial charge in [0.1, 0.15) is 17.5 Å². The van der Waals surface area contributed by atoms with Gasteiger partial charge in [0.2, 0.25) is 12.3 Å². The summed E-state index contributed by atoms with van der Waals surface area (Å²) >= 11 is 0. The zero-order valence-corrected chi connectivity index (χ0v) is 15.5. The number of aromatic nitrogens is 3. The number of benzene rings is 2. The average Bonchev–Trinajstić information content (AvgIpc) is 3.02. The number of nitrogens with one attached hydrogen (secondary N) is 3. The van der Waals surface area contributed by atoms with Crippen molar-refractivity contribution in [2.75, 3.05) is 7.05 Å². The quantitative estimate of drug-likeness (QED) is 0.396. The van der Waals surface area contributed by atoms with Gasteiger partial charge in [-0.3, -0.25) is 9.59 Å². The molecule has 4 N–H and O–H groups in total. The highest BCUT2D eigenvalue weighted by Crippen LogP contribution is 2.22. The number of H-pyrrole nitrogens is 1. The van der Waals surface area contributed by atoms with Crippen LogP contribution < -0.4 is 22.0 Å². The largest absolute Gasteiger partial charge is 0.506 e. The van der Waals surface area contributed by atoms with E-state index in [2.05, 4.69) is 15.7 Å². The first-order chi connectivity index (χ1) is 14.0. The molecule has 2 amide bonds. The number of amides is 2. The van der Waals surface area contributed by atoms with Gasteiger partial charge in [0.15, 0.2) is 0 Å². The summed E-state index contributed by atoms with van der Waals surface area (Å²) in [6, 6.07) is 11.9. The van der Waals surface area contributed by atoms with Crippen LogP contribution in [-0.2, 0) is 16.0 Å². The first-order valence-corrected chi connectivity index (χ1v) is 8.69. The van der Waals surface area contributed by atoms with Gasteiger partial charge in [0.05, 0.1) is 5.69 Å². The van der Waals surface area contributed by atoms with Crippen LogP contribution in [0.5, 0.6) is 5.75 Å². The van der Waals surface area contributed by atoms with Crippen molar-refractivity contribution in [1.29, 1.82) is 0 Å². The Hall–Kier alpha value is -4.08. The summed E-state index contributed by atoms with van der Waals surface area (Å²) in [6.07, 6.45) is 0.535. The second kappa shape index (κ2) is 8.30. The van der Waals surface area contributed by atoms with Crippen molar-refractivity contribution >= 4 is 12.3 Å². The molecule has 0 saturated carbocycles. The number of aromatic hydroxyl groups is 1. The number of rotatable bonds is 7. The minimum Gasteiger partial charge on any atom is -0.506 e. The fraction of sp³-hybridized carbons (Fsp3) is 0.158. The van der Waals surface area contributed by atoms with E-state index in [1.54, 1.807) is 36.4 Å². The SMILES string of the molecule is CNC(=O)C(Cc1ccc(O)c(-n2[nH]c(=O)n(-c3ccccc3)c2=O)c1)NC=O. The van der Waals surface area contributed by atoms with Gasteiger partial charge in [-0.25, -0.2) is 19.3 Å². The predicted molar refractivity (Wildman–Crippen MR) is 104 cm³/mol. The van der Waals surface area contributed by atoms with E-state index < -0.39 is 23.3 Å². The van der Waals surface area contributed by atoms with Crippen molar-refractivity contribution < 1.29 is 14.7 Å². The summed E-state index contributed by atoms with van der Waals surface area (Å²) in [5, 5.41) is 17.5. The molecule has 0 saturated heterocycles. The van der Waals surface area contributed by atoms with Crippen molar-refractivity contribution in [2.24, 2.45) is 0 Å². The highest BCUT2D eigenvalue weighted by molar-refractivity contribution is 5.83. The van der Waals surface area contributed by atoms with Crippen LogP contribution in [0, 0.1) is 0 Å². The standard InChI is InChI=1S/C19H19N5O5/c1-20-17(27)14(21-11-25)9-12-7-8-16(26)15(10-12)24-19(29)23(18(28)22-24)13-5-3-2-4-6-13/h2-8,10-11,14,26H,9H2,1H3,(H,20,27)(H,21,25)(H,22,28). The molecule has 0 radical (unpaired) electrons. The summed E-state index contributed by atoms with van der Waals surface area (Å²) < 4.78 is 1.86. The number of likely N-dealkylation sites (N-methyl/N-ethyl adjacent to an activating group) is 1. The van der Waals surface area contributed by atoms with Crippen molar-refractivity contribution in [2.45, 2.75) is 12.5 Å². The molecular formula is C19H19N5O5. The fourth-order valence-electron chi connectivity index (χ4n) is 2.94. The Bertz CT molecular complexity index is 1150. The molecule has 10 nitrogen and oxygen atoms in total. The monoisotopic (exact) mass is 397 g/mol. The molecule has 0 spiro atoms. The molecular weight excluding hydrogens is 378 g/mol. The van der Waals surface area contributed by atoms with Gasteiger partial charge in [-0.1, -0.05) is 24.3 Å². The second-order valence-corrected chi connectivity index (χ2v) is 6.18. The summed E-state index contributed by atoms with van der Waals surface area (Å²) in [5.74, 6) is -0.635. The van der Waals surface area contributed by atoms with Crippen molar-refractivity contribution in [3.05, 3.63) is 75.1 Å². The van der Waals surface area contributed by atoms with Crippen molar-refractivity contribution in [3.8, 4) is 17.1 Å². The van der Waals surface area contributed by atoms with E-state index in [9.17, 15) is 24.3 Å². The number of hydrogen-bond donors (Lipinski definition) is 4. The van der Waals surface area contributed by atoms with Crippen molar-refractivity contribution in [1.82, 2.24) is 25.0 Å². The Morgan fingerprint density at radius 2 is 1.93 bits per heavy atom. The van der Waals surface area contributed by atoms with Gasteiger partial charge in [0.25, 0.3) is 0 Å². The van der Waals surface area contributed by atoms with E-state index in [1.807, 2.05) is 0 Å². The van der Waals surface area contributed by atoms with E-state index >= 15 is 0 Å². The van der Waals surface area contributed by atoms with Crippen LogP contribution >= 0.6 is 0 Å². The molecule has 0 fully saturated rings. The van der Waals surface area contributed by atoms with Crippen LogP contribution in [0.1, 0.15) is 5.56 Å². The molecule has 0 bridgehead atoms. The first kappa shape index (κ1) is 19.7. The van der Waals surface area contributed by atoms with Gasteiger partial charge in [-0.2, -0.15) is 4.68 Å². The molecule has 1 heterocycles. The van der Waals surface area contributed by atoms with E-state index in [4.69, 9.17) is 0 Å². The van der Waals surface area contributed by atoms with E-state index in [1.165, 1.54) is 19.2 Å². The average molecular weight is 397 g/mol. The summed E-state index contributed by atoms with van der Waals surface area (Å²) in [5.41, 5.74) is -0.385. The third-order valence-corrected chi connectivity index (χ3v) is 4.36. The Balaban J connectivity index is 2.04. The number of para-hydroxylation sites is 1. The van der Waals surface area contributed by atoms with Crippen molar-refractivity contribution in [3.63, 3.8) is 0 Å². The van der Waals surface area contributed by atoms with E-state index in [0.717, 1.165) is 9.25 Å². The predicted octanol–water partition coefficient (Wildman–Crippen LogP) is -0.575. The summed E-state index contributed by atoms with van der Waals surface area (Å²) in [7, 11) is 1.45. The number of hydrogen-bond acceptors (Lipinski definition) is 5. The van der Waals surface area contributed by atoms with E-state index in [-0.39, 0.29) is 17.9 Å². The number of phenolic OH excluding ortho intramolecular Hbond substituents is 1. The maximum absolute atomic E-state index is 12.8. The number of carbonyl (C=O) groups is 2. The molecule has 0 aliphatic heterocycles. The van der Waals surface area contributed by atoms with Gasteiger partial charge < -0.3 is 15.7 Å². The van der Waals surface area contributed by atoms with Gasteiger partial charge in [0, 0.05) is 13.5 Å². The topological polar surface area (TPSA) is 138 Å². The molecule has 29 heavy (non-hydrogen) atoms. The third kappa shape index (κ3) is 3.95. The van der Waals surface area contributed by atoms with Gasteiger partial charge in [-0.15, -0.1) is 0 Å². The van der Waals surface area contributed by atoms with Crippen LogP contribution in [0.3, 0.4) is 0 Å². The minimum atomic E-state index is -0.834. The molecule has 0 aliphatic carbocycles. The molecule has 0 aliphatic rings. The summed E-state index contributed by atoms with van der Waals surface area (Å²) in [4.78, 5) is 47.8. The molecule has 10 heteroatoms. The number of carbonyl (C=O) groups excluding carboxylic acids is 2. The Morgan fingerprint density at radius 3 is 2.59 bits per heavy atom. The Kier molecular flexibility index (Phi) is 5.63. The van der Waals surface area contributed by atoms with Crippen LogP contribution in [0.2, 0.25) is 0 Å². The highest BCUT2D eigenvalue weighted by Gasteiger charge is 2.19. The van der Waals surface area contributed by atoms with Crippen LogP contribution in [-0.4, -0.2) is 44.9 Å². The highest BCUT2D eigenvalue weighted by atomic mass is 16.3. The number of phenols is 1. The third-order valence-electron chi connectivity index (χ3n) is 4.36. The number of aromatic amines is 1. The second-order valence-electron chi connectivity index (χ2n) is 6.18. The molecule has 1 atom stereocenters. The molecule has 1 unspecified atom stereocenters. The molecule has 3 rings (SSSR count). The zero-order chi connectivity index (χ0) is 21.0. The normalized spacial score (nSPS) is 11.6. The zero-order valence-electron chi connectivity index (χ0n) is 15.5. The molecule has 2 aromatic carbocycles. The van der Waals surface area contributed by atoms with Crippen LogP contribution in [0.15, 0.2) is 58.1 Å². The van der Waals surface area contributed by atoms with E-state index in [0.29, 0.717) is 17.7 Å². The minimum absolute atomic E-state index is 0.0426. The smallest absolute Gasteiger partial charge is 0.356 e. The van der Waals surface area contributed by atoms with Crippen LogP contribution in [0.25, 0.3) is 11.4 Å². The van der Waals surface area contributed by atoms with Gasteiger partial charge in [-0.05, 0) is 29.8 Å². The lowest BCUT2D eigenvalue weighted by molar-refractivity contribution is -0.124. The lowest BCUT2D eigenvalue weighted by Crippen LogP contribution is -2.43. The maximum Gasteiger partial charge on any atom is 0.356 e. The lowest BCUT2D eigenvalue weighted by atomic mass is 10.0. The Labute approximate surface area is 164 Å². The molecule has 1 aromatic heterocycles. The lowest BCUT2D eigenvalue weighted by Gasteiger charge is -2.15. The Morgan fingerprint density at radius 1 is 1.21 bits per heavy atom. The summed E-state index contributed by atoms with van der Waals surface area (Å²) in [6.45, 7) is 0. The molecule has 150 valence electrons. The fourth-order valence-corrected chi connectivity index (χ4v) is 2.94. The first-order valence-electron chi connectivity index (χ1n) is 8.69. The van der Waals surface area contributed by atoms with Gasteiger partial charge >= 0.3 is 11.4 Å². The maximum atomic E-state index is 12.8. The number of nitrogens with zero attached hydrogens (tertiary/aromatic N) is 2. The van der Waals surface area contributed by atoms with Crippen LogP contribution in [0.4, 0.5) is 0 Å².